The maximum Gasteiger partial charge on any atom is 0.156 e. The number of ether oxygens (including phenoxy) is 2. The Hall–Kier alpha value is -1.58. The average Bonchev–Trinajstić information content (AvgIpc) is 2.90. The number of methoxy groups -OCH3 is 1. The summed E-state index contributed by atoms with van der Waals surface area (Å²) in [6.07, 6.45) is 1.53. The number of nitriles is 1. The molecule has 20 heavy (non-hydrogen) atoms. The Labute approximate surface area is 119 Å². The van der Waals surface area contributed by atoms with E-state index < -0.39 is 9.84 Å². The molecule has 1 heterocycles. The second-order valence-corrected chi connectivity index (χ2v) is 6.95. The minimum absolute atomic E-state index is 0.0426. The molecule has 1 unspecified atom stereocenters. The zero-order valence-corrected chi connectivity index (χ0v) is 12.1. The molecule has 6 heteroatoms. The average molecular weight is 295 g/mol. The van der Waals surface area contributed by atoms with Crippen LogP contribution in [-0.2, 0) is 20.3 Å². The van der Waals surface area contributed by atoms with Gasteiger partial charge in [-0.2, -0.15) is 5.26 Å². The maximum atomic E-state index is 12.1. The summed E-state index contributed by atoms with van der Waals surface area (Å²) in [7, 11) is -1.76. The van der Waals surface area contributed by atoms with E-state index in [1.54, 1.807) is 18.2 Å². The fourth-order valence-electron chi connectivity index (χ4n) is 2.30. The largest absolute Gasteiger partial charge is 0.495 e. The number of rotatable bonds is 5. The van der Waals surface area contributed by atoms with Gasteiger partial charge in [0.1, 0.15) is 11.8 Å². The van der Waals surface area contributed by atoms with Crippen molar-refractivity contribution < 1.29 is 17.9 Å². The van der Waals surface area contributed by atoms with Gasteiger partial charge < -0.3 is 9.47 Å². The summed E-state index contributed by atoms with van der Waals surface area (Å²) in [5.74, 6) is 0.416. The van der Waals surface area contributed by atoms with E-state index in [0.717, 1.165) is 12.8 Å². The Morgan fingerprint density at radius 2 is 2.30 bits per heavy atom. The van der Waals surface area contributed by atoms with E-state index in [9.17, 15) is 8.42 Å². The molecule has 108 valence electrons. The van der Waals surface area contributed by atoms with Gasteiger partial charge in [0.15, 0.2) is 9.84 Å². The summed E-state index contributed by atoms with van der Waals surface area (Å²) in [5, 5.41) is 9.00. The molecule has 0 spiro atoms. The van der Waals surface area contributed by atoms with Crippen LogP contribution in [0.1, 0.15) is 24.0 Å². The summed E-state index contributed by atoms with van der Waals surface area (Å²) in [4.78, 5) is 0. The van der Waals surface area contributed by atoms with E-state index in [1.807, 2.05) is 6.07 Å². The molecule has 1 saturated heterocycles. The zero-order chi connectivity index (χ0) is 14.6. The first-order valence-corrected chi connectivity index (χ1v) is 8.25. The van der Waals surface area contributed by atoms with E-state index in [1.165, 1.54) is 7.11 Å². The van der Waals surface area contributed by atoms with Crippen LogP contribution in [0.15, 0.2) is 18.2 Å². The first kappa shape index (κ1) is 14.8. The van der Waals surface area contributed by atoms with Gasteiger partial charge in [-0.15, -0.1) is 0 Å². The van der Waals surface area contributed by atoms with Crippen LogP contribution in [0, 0.1) is 11.3 Å². The van der Waals surface area contributed by atoms with Crippen molar-refractivity contribution in [3.05, 3.63) is 29.3 Å². The van der Waals surface area contributed by atoms with Gasteiger partial charge in [-0.05, 0) is 30.5 Å². The van der Waals surface area contributed by atoms with Crippen LogP contribution in [-0.4, -0.2) is 34.0 Å². The van der Waals surface area contributed by atoms with Crippen molar-refractivity contribution in [1.82, 2.24) is 0 Å². The number of sulfone groups is 1. The molecule has 1 aliphatic heterocycles. The molecule has 0 N–H and O–H groups in total. The zero-order valence-electron chi connectivity index (χ0n) is 11.3. The Bertz CT molecular complexity index is 613. The maximum absolute atomic E-state index is 12.1. The van der Waals surface area contributed by atoms with Gasteiger partial charge >= 0.3 is 0 Å². The Morgan fingerprint density at radius 1 is 1.50 bits per heavy atom. The lowest BCUT2D eigenvalue weighted by molar-refractivity contribution is 0.127. The molecular formula is C14H17NO4S. The third kappa shape index (κ3) is 3.71. The lowest BCUT2D eigenvalue weighted by Crippen LogP contribution is -2.21. The standard InChI is InChI=1S/C14H17NO4S/c1-18-14-5-4-11(7-12(14)8-15)9-20(16,17)10-13-3-2-6-19-13/h4-5,7,13H,2-3,6,9-10H2,1H3. The molecule has 1 atom stereocenters. The highest BCUT2D eigenvalue weighted by molar-refractivity contribution is 7.90. The first-order chi connectivity index (χ1) is 9.54. The van der Waals surface area contributed by atoms with Crippen LogP contribution in [0.4, 0.5) is 0 Å². The van der Waals surface area contributed by atoms with Crippen molar-refractivity contribution in [1.29, 1.82) is 5.26 Å². The summed E-state index contributed by atoms with van der Waals surface area (Å²) in [6, 6.07) is 6.86. The molecule has 2 rings (SSSR count). The predicted octanol–water partition coefficient (Wildman–Crippen LogP) is 1.66. The lowest BCUT2D eigenvalue weighted by atomic mass is 10.1. The fraction of sp³-hybridized carbons (Fsp3) is 0.500. The van der Waals surface area contributed by atoms with Crippen molar-refractivity contribution in [2.45, 2.75) is 24.7 Å². The minimum atomic E-state index is -3.24. The predicted molar refractivity (Wildman–Crippen MR) is 74.2 cm³/mol. The second-order valence-electron chi connectivity index (χ2n) is 4.84. The van der Waals surface area contributed by atoms with Crippen LogP contribution >= 0.6 is 0 Å². The molecule has 0 aromatic heterocycles. The van der Waals surface area contributed by atoms with Crippen LogP contribution in [0.2, 0.25) is 0 Å². The molecule has 0 bridgehead atoms. The summed E-state index contributed by atoms with van der Waals surface area (Å²) < 4.78 is 34.6. The van der Waals surface area contributed by atoms with Crippen LogP contribution in [0.3, 0.4) is 0 Å². The molecule has 1 aliphatic rings. The highest BCUT2D eigenvalue weighted by atomic mass is 32.2. The summed E-state index contributed by atoms with van der Waals surface area (Å²) in [5.41, 5.74) is 0.942. The molecule has 1 fully saturated rings. The third-order valence-corrected chi connectivity index (χ3v) is 4.89. The van der Waals surface area contributed by atoms with Crippen LogP contribution < -0.4 is 4.74 Å². The summed E-state index contributed by atoms with van der Waals surface area (Å²) in [6.45, 7) is 0.640. The van der Waals surface area contributed by atoms with Gasteiger partial charge in [0, 0.05) is 6.61 Å². The van der Waals surface area contributed by atoms with E-state index >= 15 is 0 Å². The molecule has 5 nitrogen and oxygen atoms in total. The SMILES string of the molecule is COc1ccc(CS(=O)(=O)CC2CCCO2)cc1C#N. The molecule has 0 radical (unpaired) electrons. The third-order valence-electron chi connectivity index (χ3n) is 3.23. The van der Waals surface area contributed by atoms with Gasteiger partial charge in [-0.3, -0.25) is 0 Å². The van der Waals surface area contributed by atoms with Gasteiger partial charge in [0.05, 0.1) is 30.3 Å². The molecule has 1 aromatic carbocycles. The van der Waals surface area contributed by atoms with Crippen molar-refractivity contribution in [2.75, 3.05) is 19.5 Å². The quantitative estimate of drug-likeness (QED) is 0.825. The lowest BCUT2D eigenvalue weighted by Gasteiger charge is -2.11. The fourth-order valence-corrected chi connectivity index (χ4v) is 3.94. The Kier molecular flexibility index (Phi) is 4.63. The highest BCUT2D eigenvalue weighted by Gasteiger charge is 2.23. The minimum Gasteiger partial charge on any atom is -0.495 e. The molecule has 1 aromatic rings. The van der Waals surface area contributed by atoms with E-state index in [4.69, 9.17) is 14.7 Å². The van der Waals surface area contributed by atoms with Gasteiger partial charge in [-0.25, -0.2) is 8.42 Å². The first-order valence-electron chi connectivity index (χ1n) is 6.43. The Morgan fingerprint density at radius 3 is 2.90 bits per heavy atom. The van der Waals surface area contributed by atoms with Crippen LogP contribution in [0.5, 0.6) is 5.75 Å². The van der Waals surface area contributed by atoms with Gasteiger partial charge in [0.2, 0.25) is 0 Å². The number of nitrogens with zero attached hydrogens (tertiary/aromatic N) is 1. The molecule has 0 amide bonds. The van der Waals surface area contributed by atoms with Crippen LogP contribution in [0.25, 0.3) is 0 Å². The second kappa shape index (κ2) is 6.25. The van der Waals surface area contributed by atoms with Crippen molar-refractivity contribution in [2.24, 2.45) is 0 Å². The summed E-state index contributed by atoms with van der Waals surface area (Å²) >= 11 is 0. The monoisotopic (exact) mass is 295 g/mol. The normalized spacial score (nSPS) is 18.7. The molecule has 0 aliphatic carbocycles. The Balaban J connectivity index is 2.10. The van der Waals surface area contributed by atoms with Crippen molar-refractivity contribution in [3.8, 4) is 11.8 Å². The van der Waals surface area contributed by atoms with Gasteiger partial charge in [0.25, 0.3) is 0 Å². The number of hydrogen-bond acceptors (Lipinski definition) is 5. The molecule has 0 saturated carbocycles. The van der Waals surface area contributed by atoms with Crippen molar-refractivity contribution >= 4 is 9.84 Å². The van der Waals surface area contributed by atoms with E-state index in [2.05, 4.69) is 0 Å². The topological polar surface area (TPSA) is 76.4 Å². The van der Waals surface area contributed by atoms with Gasteiger partial charge in [-0.1, -0.05) is 6.07 Å². The number of benzene rings is 1. The van der Waals surface area contributed by atoms with E-state index in [-0.39, 0.29) is 17.6 Å². The van der Waals surface area contributed by atoms with Crippen molar-refractivity contribution in [3.63, 3.8) is 0 Å². The smallest absolute Gasteiger partial charge is 0.156 e. The van der Waals surface area contributed by atoms with E-state index in [0.29, 0.717) is 23.5 Å². The number of hydrogen-bond donors (Lipinski definition) is 0. The molecular weight excluding hydrogens is 278 g/mol. The highest BCUT2D eigenvalue weighted by Crippen LogP contribution is 2.21.